The lowest BCUT2D eigenvalue weighted by Crippen LogP contribution is -2.23. The quantitative estimate of drug-likeness (QED) is 0.369. The summed E-state index contributed by atoms with van der Waals surface area (Å²) in [6.45, 7) is 3.66. The van der Waals surface area contributed by atoms with Crippen molar-refractivity contribution in [3.05, 3.63) is 96.1 Å². The molecule has 34 heavy (non-hydrogen) atoms. The van der Waals surface area contributed by atoms with Crippen molar-refractivity contribution in [1.29, 1.82) is 0 Å². The van der Waals surface area contributed by atoms with E-state index in [1.165, 1.54) is 0 Å². The summed E-state index contributed by atoms with van der Waals surface area (Å²) in [5, 5.41) is 7.57. The fraction of sp³-hybridized carbons (Fsp3) is 0.143. The molecule has 2 amide bonds. The van der Waals surface area contributed by atoms with Gasteiger partial charge in [-0.05, 0) is 61.0 Å². The van der Waals surface area contributed by atoms with Crippen molar-refractivity contribution in [2.45, 2.75) is 13.8 Å². The van der Waals surface area contributed by atoms with E-state index in [2.05, 4.69) is 10.6 Å². The summed E-state index contributed by atoms with van der Waals surface area (Å²) in [6.07, 6.45) is 0. The first-order valence-corrected chi connectivity index (χ1v) is 11.0. The van der Waals surface area contributed by atoms with E-state index in [9.17, 15) is 9.59 Å². The average Bonchev–Trinajstić information content (AvgIpc) is 2.84. The van der Waals surface area contributed by atoms with Gasteiger partial charge in [0.1, 0.15) is 11.5 Å². The second kappa shape index (κ2) is 10.5. The van der Waals surface area contributed by atoms with Crippen molar-refractivity contribution in [3.8, 4) is 11.5 Å². The first-order chi connectivity index (χ1) is 16.5. The normalized spacial score (nSPS) is 10.5. The Morgan fingerprint density at radius 1 is 0.618 bits per heavy atom. The summed E-state index contributed by atoms with van der Waals surface area (Å²) in [4.78, 5) is 25.2. The molecule has 2 N–H and O–H groups in total. The van der Waals surface area contributed by atoms with E-state index < -0.39 is 0 Å². The topological polar surface area (TPSA) is 76.7 Å². The highest BCUT2D eigenvalue weighted by molar-refractivity contribution is 6.04. The second-order valence-electron chi connectivity index (χ2n) is 8.04. The molecule has 172 valence electrons. The number of aryl methyl sites for hydroxylation is 2. The molecule has 0 fully saturated rings. The van der Waals surface area contributed by atoms with Crippen LogP contribution in [-0.4, -0.2) is 25.0 Å². The first kappa shape index (κ1) is 22.9. The predicted octanol–water partition coefficient (Wildman–Crippen LogP) is 5.49. The molecule has 4 aromatic rings. The molecular formula is C28H26N2O4. The van der Waals surface area contributed by atoms with E-state index in [-0.39, 0.29) is 25.0 Å². The van der Waals surface area contributed by atoms with E-state index >= 15 is 0 Å². The molecule has 0 spiro atoms. The molecule has 4 rings (SSSR count). The third-order valence-corrected chi connectivity index (χ3v) is 5.22. The van der Waals surface area contributed by atoms with Crippen molar-refractivity contribution in [2.75, 3.05) is 23.8 Å². The minimum absolute atomic E-state index is 0.153. The van der Waals surface area contributed by atoms with Gasteiger partial charge in [-0.2, -0.15) is 0 Å². The van der Waals surface area contributed by atoms with Crippen molar-refractivity contribution >= 4 is 34.0 Å². The fourth-order valence-electron chi connectivity index (χ4n) is 3.39. The molecule has 0 aliphatic rings. The highest BCUT2D eigenvalue weighted by atomic mass is 16.5. The Hall–Kier alpha value is -4.32. The third-order valence-electron chi connectivity index (χ3n) is 5.22. The van der Waals surface area contributed by atoms with Gasteiger partial charge in [-0.15, -0.1) is 0 Å². The summed E-state index contributed by atoms with van der Waals surface area (Å²) in [6, 6.07) is 26.3. The van der Waals surface area contributed by atoms with Crippen molar-refractivity contribution < 1.29 is 19.1 Å². The van der Waals surface area contributed by atoms with Crippen LogP contribution in [0.5, 0.6) is 11.5 Å². The van der Waals surface area contributed by atoms with E-state index in [1.807, 2.05) is 98.8 Å². The Balaban J connectivity index is 1.45. The zero-order valence-corrected chi connectivity index (χ0v) is 19.1. The first-order valence-electron chi connectivity index (χ1n) is 11.0. The van der Waals surface area contributed by atoms with Crippen molar-refractivity contribution in [3.63, 3.8) is 0 Å². The van der Waals surface area contributed by atoms with Gasteiger partial charge in [0.15, 0.2) is 13.2 Å². The zero-order valence-electron chi connectivity index (χ0n) is 19.1. The van der Waals surface area contributed by atoms with Gasteiger partial charge in [0, 0.05) is 0 Å². The van der Waals surface area contributed by atoms with Gasteiger partial charge in [0.2, 0.25) is 0 Å². The monoisotopic (exact) mass is 454 g/mol. The van der Waals surface area contributed by atoms with E-state index in [1.54, 1.807) is 0 Å². The van der Waals surface area contributed by atoms with Crippen LogP contribution in [-0.2, 0) is 9.59 Å². The van der Waals surface area contributed by atoms with Gasteiger partial charge >= 0.3 is 0 Å². The molecule has 0 bridgehead atoms. The molecule has 0 aliphatic carbocycles. The Morgan fingerprint density at radius 2 is 1.00 bits per heavy atom. The van der Waals surface area contributed by atoms with Crippen LogP contribution < -0.4 is 20.1 Å². The summed E-state index contributed by atoms with van der Waals surface area (Å²) in [7, 11) is 0. The molecule has 0 radical (unpaired) electrons. The number of hydrogen-bond donors (Lipinski definition) is 2. The summed E-state index contributed by atoms with van der Waals surface area (Å²) in [5.41, 5.74) is 3.19. The van der Waals surface area contributed by atoms with Crippen molar-refractivity contribution in [2.24, 2.45) is 0 Å². The Kier molecular flexibility index (Phi) is 7.08. The molecule has 0 heterocycles. The number of amides is 2. The molecule has 6 nitrogen and oxygen atoms in total. The number of hydrogen-bond acceptors (Lipinski definition) is 4. The Morgan fingerprint density at radius 3 is 1.38 bits per heavy atom. The van der Waals surface area contributed by atoms with Crippen LogP contribution in [0.1, 0.15) is 11.1 Å². The van der Waals surface area contributed by atoms with Crippen LogP contribution >= 0.6 is 0 Å². The zero-order chi connectivity index (χ0) is 23.9. The lowest BCUT2D eigenvalue weighted by Gasteiger charge is -2.15. The SMILES string of the molecule is Cc1ccc(OCC(=O)Nc2cc3ccccc3cc2NC(=O)COc2ccc(C)cc2)cc1. The minimum Gasteiger partial charge on any atom is -0.484 e. The number of fused-ring (bicyclic) bond motifs is 1. The number of anilines is 2. The summed E-state index contributed by atoms with van der Waals surface area (Å²) < 4.78 is 11.2. The van der Waals surface area contributed by atoms with Crippen LogP contribution in [0.4, 0.5) is 11.4 Å². The van der Waals surface area contributed by atoms with Crippen molar-refractivity contribution in [1.82, 2.24) is 0 Å². The van der Waals surface area contributed by atoms with Crippen LogP contribution in [0, 0.1) is 13.8 Å². The molecular weight excluding hydrogens is 428 g/mol. The van der Waals surface area contributed by atoms with Crippen LogP contribution in [0.2, 0.25) is 0 Å². The van der Waals surface area contributed by atoms with E-state index in [0.717, 1.165) is 21.9 Å². The average molecular weight is 455 g/mol. The molecule has 0 saturated carbocycles. The van der Waals surface area contributed by atoms with Crippen LogP contribution in [0.25, 0.3) is 10.8 Å². The number of benzene rings is 4. The minimum atomic E-state index is -0.331. The van der Waals surface area contributed by atoms with Crippen LogP contribution in [0.3, 0.4) is 0 Å². The Bertz CT molecular complexity index is 1200. The lowest BCUT2D eigenvalue weighted by atomic mass is 10.1. The number of carbonyl (C=O) groups excluding carboxylic acids is 2. The predicted molar refractivity (Wildman–Crippen MR) is 135 cm³/mol. The second-order valence-corrected chi connectivity index (χ2v) is 8.04. The molecule has 6 heteroatoms. The Labute approximate surface area is 198 Å². The highest BCUT2D eigenvalue weighted by Gasteiger charge is 2.13. The maximum Gasteiger partial charge on any atom is 0.262 e. The van der Waals surface area contributed by atoms with E-state index in [0.29, 0.717) is 22.9 Å². The van der Waals surface area contributed by atoms with Gasteiger partial charge in [0.25, 0.3) is 11.8 Å². The molecule has 0 saturated heterocycles. The molecule has 0 aromatic heterocycles. The number of rotatable bonds is 8. The number of ether oxygens (including phenoxy) is 2. The summed E-state index contributed by atoms with van der Waals surface area (Å²) in [5.74, 6) is 0.562. The molecule has 0 aliphatic heterocycles. The number of nitrogens with one attached hydrogen (secondary N) is 2. The molecule has 4 aromatic carbocycles. The van der Waals surface area contributed by atoms with Crippen LogP contribution in [0.15, 0.2) is 84.9 Å². The molecule has 0 atom stereocenters. The van der Waals surface area contributed by atoms with Gasteiger partial charge in [0.05, 0.1) is 11.4 Å². The maximum atomic E-state index is 12.6. The smallest absolute Gasteiger partial charge is 0.262 e. The maximum absolute atomic E-state index is 12.6. The van der Waals surface area contributed by atoms with Gasteiger partial charge in [-0.25, -0.2) is 0 Å². The largest absolute Gasteiger partial charge is 0.484 e. The van der Waals surface area contributed by atoms with Gasteiger partial charge < -0.3 is 20.1 Å². The highest BCUT2D eigenvalue weighted by Crippen LogP contribution is 2.29. The van der Waals surface area contributed by atoms with Gasteiger partial charge in [-0.1, -0.05) is 59.7 Å². The summed E-state index contributed by atoms with van der Waals surface area (Å²) >= 11 is 0. The molecule has 0 unspecified atom stereocenters. The van der Waals surface area contributed by atoms with E-state index in [4.69, 9.17) is 9.47 Å². The lowest BCUT2D eigenvalue weighted by molar-refractivity contribution is -0.119. The fourth-order valence-corrected chi connectivity index (χ4v) is 3.39. The number of carbonyl (C=O) groups is 2. The third kappa shape index (κ3) is 6.13. The van der Waals surface area contributed by atoms with Gasteiger partial charge in [-0.3, -0.25) is 9.59 Å². The standard InChI is InChI=1S/C28H26N2O4/c1-19-7-11-23(12-8-19)33-17-27(31)29-25-15-21-5-3-4-6-22(21)16-26(25)30-28(32)18-34-24-13-9-20(2)10-14-24/h3-16H,17-18H2,1-2H3,(H,29,31)(H,30,32).